The highest BCUT2D eigenvalue weighted by Crippen LogP contribution is 2.53. The molecule has 1 aliphatic carbocycles. The lowest BCUT2D eigenvalue weighted by molar-refractivity contribution is 0.636. The second kappa shape index (κ2) is 13.2. The van der Waals surface area contributed by atoms with E-state index in [1.54, 1.807) is 0 Å². The van der Waals surface area contributed by atoms with Crippen molar-refractivity contribution in [3.05, 3.63) is 205 Å². The van der Waals surface area contributed by atoms with E-state index in [-0.39, 0.29) is 5.41 Å². The average Bonchev–Trinajstić information content (AvgIpc) is 3.50. The van der Waals surface area contributed by atoms with Crippen LogP contribution in [-0.2, 0) is 5.41 Å². The standard InChI is InChI=1S/C53H38N2/c1-53(2)47-29-28-37-20-12-13-27-46(37)48(47)49-50(38-21-10-5-11-22-38)54-52(55-51(49)53)42-26-15-24-40(31-42)39-23-14-25-41(30-39)45-33-43(35-16-6-3-7-17-35)32-44(34-45)36-18-8-4-9-19-36/h3-34H,1-2H3. The number of benzene rings is 8. The number of fused-ring (bicyclic) bond motifs is 5. The van der Waals surface area contributed by atoms with E-state index in [4.69, 9.17) is 9.97 Å². The Hall–Kier alpha value is -6.90. The Labute approximate surface area is 322 Å². The van der Waals surface area contributed by atoms with Crippen LogP contribution < -0.4 is 0 Å². The molecule has 0 unspecified atom stereocenters. The van der Waals surface area contributed by atoms with E-state index in [0.717, 1.165) is 45.0 Å². The fourth-order valence-corrected chi connectivity index (χ4v) is 8.38. The zero-order chi connectivity index (χ0) is 36.9. The summed E-state index contributed by atoms with van der Waals surface area (Å²) < 4.78 is 0. The molecule has 0 saturated heterocycles. The summed E-state index contributed by atoms with van der Waals surface area (Å²) in [5.74, 6) is 0.740. The number of nitrogens with zero attached hydrogens (tertiary/aromatic N) is 2. The molecule has 0 spiro atoms. The largest absolute Gasteiger partial charge is 0.231 e. The molecule has 0 fully saturated rings. The van der Waals surface area contributed by atoms with Gasteiger partial charge in [-0.05, 0) is 96.7 Å². The zero-order valence-electron chi connectivity index (χ0n) is 30.9. The molecule has 2 heteroatoms. The van der Waals surface area contributed by atoms with Gasteiger partial charge in [0.25, 0.3) is 0 Å². The van der Waals surface area contributed by atoms with Gasteiger partial charge >= 0.3 is 0 Å². The van der Waals surface area contributed by atoms with Crippen molar-refractivity contribution in [3.63, 3.8) is 0 Å². The first-order chi connectivity index (χ1) is 27.0. The quantitative estimate of drug-likeness (QED) is 0.172. The van der Waals surface area contributed by atoms with Crippen LogP contribution in [0.4, 0.5) is 0 Å². The minimum absolute atomic E-state index is 0.297. The van der Waals surface area contributed by atoms with Crippen molar-refractivity contribution in [1.82, 2.24) is 9.97 Å². The molecule has 0 atom stereocenters. The van der Waals surface area contributed by atoms with Crippen molar-refractivity contribution < 1.29 is 0 Å². The van der Waals surface area contributed by atoms with Gasteiger partial charge < -0.3 is 0 Å². The molecule has 1 aliphatic rings. The molecule has 0 aliphatic heterocycles. The Morgan fingerprint density at radius 1 is 0.345 bits per heavy atom. The van der Waals surface area contributed by atoms with E-state index in [1.165, 1.54) is 55.3 Å². The molecule has 0 radical (unpaired) electrons. The maximum Gasteiger partial charge on any atom is 0.160 e. The molecule has 0 amide bonds. The summed E-state index contributed by atoms with van der Waals surface area (Å²) in [7, 11) is 0. The molecule has 2 nitrogen and oxygen atoms in total. The van der Waals surface area contributed by atoms with Gasteiger partial charge in [-0.2, -0.15) is 0 Å². The summed E-state index contributed by atoms with van der Waals surface area (Å²) >= 11 is 0. The third kappa shape index (κ3) is 5.75. The third-order valence-corrected chi connectivity index (χ3v) is 11.2. The summed E-state index contributed by atoms with van der Waals surface area (Å²) in [5.41, 5.74) is 17.0. The van der Waals surface area contributed by atoms with Gasteiger partial charge in [0, 0.05) is 22.1 Å². The molecular weight excluding hydrogens is 665 g/mol. The molecule has 0 bridgehead atoms. The zero-order valence-corrected chi connectivity index (χ0v) is 30.9. The fourth-order valence-electron chi connectivity index (χ4n) is 8.38. The molecular formula is C53H38N2. The molecule has 0 saturated carbocycles. The summed E-state index contributed by atoms with van der Waals surface area (Å²) in [5, 5.41) is 2.47. The molecule has 9 aromatic rings. The molecule has 1 aromatic heterocycles. The average molecular weight is 703 g/mol. The lowest BCUT2D eigenvalue weighted by atomic mass is 9.84. The van der Waals surface area contributed by atoms with Gasteiger partial charge in [0.05, 0.1) is 11.4 Å². The van der Waals surface area contributed by atoms with E-state index < -0.39 is 0 Å². The van der Waals surface area contributed by atoms with Crippen LogP contribution in [0.5, 0.6) is 0 Å². The minimum Gasteiger partial charge on any atom is -0.231 e. The van der Waals surface area contributed by atoms with E-state index in [9.17, 15) is 0 Å². The number of hydrogen-bond acceptors (Lipinski definition) is 2. The van der Waals surface area contributed by atoms with Crippen LogP contribution in [0.25, 0.3) is 89.1 Å². The van der Waals surface area contributed by atoms with Crippen molar-refractivity contribution in [2.24, 2.45) is 0 Å². The van der Waals surface area contributed by atoms with Crippen molar-refractivity contribution in [2.75, 3.05) is 0 Å². The van der Waals surface area contributed by atoms with Crippen molar-refractivity contribution in [3.8, 4) is 78.3 Å². The minimum atomic E-state index is -0.297. The first kappa shape index (κ1) is 32.7. The predicted octanol–water partition coefficient (Wildman–Crippen LogP) is 13.9. The van der Waals surface area contributed by atoms with E-state index in [2.05, 4.69) is 208 Å². The molecule has 8 aromatic carbocycles. The van der Waals surface area contributed by atoms with Gasteiger partial charge in [0.2, 0.25) is 0 Å². The van der Waals surface area contributed by atoms with Gasteiger partial charge in [-0.1, -0.05) is 178 Å². The predicted molar refractivity (Wildman–Crippen MR) is 230 cm³/mol. The van der Waals surface area contributed by atoms with E-state index in [1.807, 2.05) is 0 Å². The molecule has 1 heterocycles. The van der Waals surface area contributed by atoms with Gasteiger partial charge in [-0.25, -0.2) is 9.97 Å². The van der Waals surface area contributed by atoms with Gasteiger partial charge in [-0.15, -0.1) is 0 Å². The lowest BCUT2D eigenvalue weighted by Crippen LogP contribution is -2.17. The lowest BCUT2D eigenvalue weighted by Gasteiger charge is -2.21. The maximum atomic E-state index is 5.45. The number of hydrogen-bond donors (Lipinski definition) is 0. The topological polar surface area (TPSA) is 25.8 Å². The Kier molecular flexibility index (Phi) is 7.85. The third-order valence-electron chi connectivity index (χ3n) is 11.2. The van der Waals surface area contributed by atoms with Crippen molar-refractivity contribution >= 4 is 10.8 Å². The van der Waals surface area contributed by atoms with E-state index >= 15 is 0 Å². The molecule has 260 valence electrons. The summed E-state index contributed by atoms with van der Waals surface area (Å²) in [6.45, 7) is 4.60. The first-order valence-corrected chi connectivity index (χ1v) is 19.0. The Morgan fingerprint density at radius 2 is 0.800 bits per heavy atom. The molecule has 10 rings (SSSR count). The molecule has 55 heavy (non-hydrogen) atoms. The Balaban J connectivity index is 1.10. The summed E-state index contributed by atoms with van der Waals surface area (Å²) in [6, 6.07) is 69.6. The van der Waals surface area contributed by atoms with Crippen LogP contribution in [0, 0.1) is 0 Å². The first-order valence-electron chi connectivity index (χ1n) is 19.0. The SMILES string of the molecule is CC1(C)c2ccc3ccccc3c2-c2c(-c3ccccc3)nc(-c3cccc(-c4cccc(-c5cc(-c6ccccc6)cc(-c6ccccc6)c5)c4)c3)nc21. The van der Waals surface area contributed by atoms with Crippen LogP contribution in [0.15, 0.2) is 194 Å². The normalized spacial score (nSPS) is 12.7. The van der Waals surface area contributed by atoms with Crippen LogP contribution >= 0.6 is 0 Å². The second-order valence-electron chi connectivity index (χ2n) is 15.0. The number of rotatable bonds is 6. The van der Waals surface area contributed by atoms with Crippen LogP contribution in [0.2, 0.25) is 0 Å². The smallest absolute Gasteiger partial charge is 0.160 e. The molecule has 0 N–H and O–H groups in total. The fraction of sp³-hybridized carbons (Fsp3) is 0.0566. The van der Waals surface area contributed by atoms with Crippen LogP contribution in [-0.4, -0.2) is 9.97 Å². The van der Waals surface area contributed by atoms with Gasteiger partial charge in [-0.3, -0.25) is 0 Å². The van der Waals surface area contributed by atoms with Crippen LogP contribution in [0.3, 0.4) is 0 Å². The van der Waals surface area contributed by atoms with Crippen molar-refractivity contribution in [1.29, 1.82) is 0 Å². The van der Waals surface area contributed by atoms with Crippen molar-refractivity contribution in [2.45, 2.75) is 19.3 Å². The summed E-state index contributed by atoms with van der Waals surface area (Å²) in [6.07, 6.45) is 0. The maximum absolute atomic E-state index is 5.45. The van der Waals surface area contributed by atoms with Gasteiger partial charge in [0.15, 0.2) is 5.82 Å². The Bertz CT molecular complexity index is 2820. The number of aromatic nitrogens is 2. The van der Waals surface area contributed by atoms with E-state index in [0.29, 0.717) is 0 Å². The van der Waals surface area contributed by atoms with Gasteiger partial charge in [0.1, 0.15) is 0 Å². The summed E-state index contributed by atoms with van der Waals surface area (Å²) in [4.78, 5) is 10.9. The highest BCUT2D eigenvalue weighted by atomic mass is 14.9. The highest BCUT2D eigenvalue weighted by molar-refractivity contribution is 6.05. The monoisotopic (exact) mass is 702 g/mol. The second-order valence-corrected chi connectivity index (χ2v) is 15.0. The van der Waals surface area contributed by atoms with Crippen LogP contribution in [0.1, 0.15) is 25.1 Å². The highest BCUT2D eigenvalue weighted by Gasteiger charge is 2.40. The Morgan fingerprint density at radius 3 is 1.42 bits per heavy atom.